The molecular formula is C22H42N2O8SSi2. The van der Waals surface area contributed by atoms with Crippen molar-refractivity contribution in [1.82, 2.24) is 9.55 Å². The molecule has 1 N–H and O–H groups in total. The standard InChI is InChI=1S/C22H42N2O8SSi2/c1-21(2,3)34(8,9)29-14-15-17(31-33(27)28-7)18(32-35(10,11)22(4,5)6)19(30-15)24-13-12-16(25)23-20(24)26/h12-13,15,17-19H,14H2,1-11H3,(H,23,25,26)/t15-,17-,18-,19-,33?/m1/s1. The Balaban J connectivity index is 2.54. The van der Waals surface area contributed by atoms with Crippen LogP contribution in [0.15, 0.2) is 21.9 Å². The van der Waals surface area contributed by atoms with E-state index in [2.05, 4.69) is 72.7 Å². The van der Waals surface area contributed by atoms with Crippen LogP contribution < -0.4 is 11.2 Å². The molecule has 1 aromatic rings. The highest BCUT2D eigenvalue weighted by molar-refractivity contribution is 7.75. The zero-order valence-electron chi connectivity index (χ0n) is 22.8. The normalized spacial score (nSPS) is 25.1. The molecule has 2 rings (SSSR count). The fourth-order valence-electron chi connectivity index (χ4n) is 3.09. The first-order chi connectivity index (χ1) is 15.8. The summed E-state index contributed by atoms with van der Waals surface area (Å²) in [5, 5.41) is -0.197. The number of rotatable bonds is 9. The van der Waals surface area contributed by atoms with Gasteiger partial charge in [0.05, 0.1) is 13.7 Å². The number of nitrogens with zero attached hydrogens (tertiary/aromatic N) is 1. The van der Waals surface area contributed by atoms with Gasteiger partial charge < -0.3 is 13.6 Å². The SMILES string of the molecule is COS(=O)O[C@H]1[C@@H](O[Si](C)(C)C(C)(C)C)[C@H](n2ccc(=O)[nH]c2=O)O[C@@H]1CO[Si](C)(C)C(C)(C)C. The van der Waals surface area contributed by atoms with Crippen molar-refractivity contribution in [3.05, 3.63) is 33.1 Å². The lowest BCUT2D eigenvalue weighted by molar-refractivity contribution is -0.0506. The Kier molecular flexibility index (Phi) is 9.36. The van der Waals surface area contributed by atoms with Crippen LogP contribution in [0.5, 0.6) is 0 Å². The van der Waals surface area contributed by atoms with Gasteiger partial charge in [0.15, 0.2) is 22.9 Å². The summed E-state index contributed by atoms with van der Waals surface area (Å²) < 4.78 is 43.7. The van der Waals surface area contributed by atoms with Gasteiger partial charge in [-0.1, -0.05) is 41.5 Å². The quantitative estimate of drug-likeness (QED) is 0.465. The van der Waals surface area contributed by atoms with Crippen LogP contribution in [-0.2, 0) is 33.3 Å². The van der Waals surface area contributed by atoms with Gasteiger partial charge in [-0.15, -0.1) is 0 Å². The summed E-state index contributed by atoms with van der Waals surface area (Å²) in [6.45, 7) is 21.2. The van der Waals surface area contributed by atoms with Gasteiger partial charge in [-0.05, 0) is 36.3 Å². The van der Waals surface area contributed by atoms with Crippen molar-refractivity contribution in [3.63, 3.8) is 0 Å². The number of aromatic amines is 1. The van der Waals surface area contributed by atoms with Crippen LogP contribution >= 0.6 is 0 Å². The van der Waals surface area contributed by atoms with E-state index in [1.54, 1.807) is 0 Å². The molecule has 0 spiro atoms. The number of hydrogen-bond donors (Lipinski definition) is 1. The van der Waals surface area contributed by atoms with Crippen molar-refractivity contribution < 1.29 is 26.2 Å². The second kappa shape index (κ2) is 10.8. The first kappa shape index (κ1) is 30.3. The molecule has 5 atom stereocenters. The maximum atomic E-state index is 12.7. The highest BCUT2D eigenvalue weighted by atomic mass is 32.2. The third-order valence-electron chi connectivity index (χ3n) is 7.39. The minimum absolute atomic E-state index is 0.0381. The second-order valence-electron chi connectivity index (χ2n) is 11.9. The summed E-state index contributed by atoms with van der Waals surface area (Å²) in [7, 11) is -3.30. The maximum absolute atomic E-state index is 12.7. The average Bonchev–Trinajstić information content (AvgIpc) is 3.01. The van der Waals surface area contributed by atoms with Crippen molar-refractivity contribution >= 4 is 28.0 Å². The van der Waals surface area contributed by atoms with Crippen LogP contribution in [-0.4, -0.2) is 62.4 Å². The van der Waals surface area contributed by atoms with Gasteiger partial charge >= 0.3 is 17.1 Å². The van der Waals surface area contributed by atoms with Gasteiger partial charge in [-0.25, -0.2) is 4.79 Å². The summed E-state index contributed by atoms with van der Waals surface area (Å²) in [5.41, 5.74) is -1.15. The highest BCUT2D eigenvalue weighted by Gasteiger charge is 2.53. The lowest BCUT2D eigenvalue weighted by Crippen LogP contribution is -2.51. The van der Waals surface area contributed by atoms with E-state index < -0.39 is 63.8 Å². The van der Waals surface area contributed by atoms with Crippen molar-refractivity contribution in [3.8, 4) is 0 Å². The molecule has 35 heavy (non-hydrogen) atoms. The Labute approximate surface area is 212 Å². The zero-order chi connectivity index (χ0) is 27.0. The molecule has 1 unspecified atom stereocenters. The van der Waals surface area contributed by atoms with E-state index in [1.807, 2.05) is 0 Å². The first-order valence-corrected chi connectivity index (χ1v) is 18.5. The van der Waals surface area contributed by atoms with Crippen molar-refractivity contribution in [2.75, 3.05) is 13.7 Å². The molecule has 1 aliphatic rings. The summed E-state index contributed by atoms with van der Waals surface area (Å²) in [4.78, 5) is 26.7. The van der Waals surface area contributed by atoms with Gasteiger partial charge in [-0.2, -0.15) is 4.21 Å². The van der Waals surface area contributed by atoms with E-state index in [1.165, 1.54) is 23.9 Å². The van der Waals surface area contributed by atoms with Crippen molar-refractivity contribution in [2.45, 2.75) is 102 Å². The summed E-state index contributed by atoms with van der Waals surface area (Å²) >= 11 is -2.06. The third-order valence-corrected chi connectivity index (χ3v) is 17.0. The minimum atomic E-state index is -2.41. The van der Waals surface area contributed by atoms with E-state index in [4.69, 9.17) is 22.0 Å². The van der Waals surface area contributed by atoms with E-state index in [0.717, 1.165) is 0 Å². The fourth-order valence-corrected chi connectivity index (χ4v) is 5.88. The summed E-state index contributed by atoms with van der Waals surface area (Å²) in [6.07, 6.45) is -1.90. The molecule has 0 radical (unpaired) electrons. The number of nitrogens with one attached hydrogen (secondary N) is 1. The maximum Gasteiger partial charge on any atom is 0.330 e. The number of aromatic nitrogens is 2. The zero-order valence-corrected chi connectivity index (χ0v) is 25.6. The van der Waals surface area contributed by atoms with Crippen LogP contribution in [0.1, 0.15) is 47.8 Å². The van der Waals surface area contributed by atoms with Gasteiger partial charge in [0, 0.05) is 12.3 Å². The monoisotopic (exact) mass is 550 g/mol. The molecule has 1 saturated heterocycles. The topological polar surface area (TPSA) is 118 Å². The van der Waals surface area contributed by atoms with Crippen LogP contribution in [0, 0.1) is 0 Å². The lowest BCUT2D eigenvalue weighted by Gasteiger charge is -2.40. The summed E-state index contributed by atoms with van der Waals surface area (Å²) in [6, 6.07) is 1.25. The number of H-pyrrole nitrogens is 1. The van der Waals surface area contributed by atoms with Crippen LogP contribution in [0.3, 0.4) is 0 Å². The number of hydrogen-bond acceptors (Lipinski definition) is 8. The Morgan fingerprint density at radius 3 is 2.09 bits per heavy atom. The molecule has 0 bridgehead atoms. The van der Waals surface area contributed by atoms with Crippen molar-refractivity contribution in [2.24, 2.45) is 0 Å². The Morgan fingerprint density at radius 1 is 1.03 bits per heavy atom. The molecule has 2 heterocycles. The smallest absolute Gasteiger partial charge is 0.330 e. The first-order valence-electron chi connectivity index (χ1n) is 11.7. The van der Waals surface area contributed by atoms with Crippen LogP contribution in [0.2, 0.25) is 36.3 Å². The molecule has 0 amide bonds. The van der Waals surface area contributed by atoms with Gasteiger partial charge in [0.25, 0.3) is 5.56 Å². The Hall–Kier alpha value is -0.936. The molecule has 10 nitrogen and oxygen atoms in total. The molecule has 1 aromatic heterocycles. The third kappa shape index (κ3) is 7.09. The van der Waals surface area contributed by atoms with Gasteiger partial charge in [0.1, 0.15) is 18.3 Å². The largest absolute Gasteiger partial charge is 0.414 e. The molecule has 13 heteroatoms. The fraction of sp³-hybridized carbons (Fsp3) is 0.818. The Bertz CT molecular complexity index is 1010. The molecule has 0 aromatic carbocycles. The molecular weight excluding hydrogens is 508 g/mol. The molecule has 1 aliphatic heterocycles. The molecule has 202 valence electrons. The summed E-state index contributed by atoms with van der Waals surface area (Å²) in [5.74, 6) is 0. The van der Waals surface area contributed by atoms with Gasteiger partial charge in [-0.3, -0.25) is 22.7 Å². The van der Waals surface area contributed by atoms with E-state index in [0.29, 0.717) is 0 Å². The predicted molar refractivity (Wildman–Crippen MR) is 140 cm³/mol. The number of ether oxygens (including phenoxy) is 1. The van der Waals surface area contributed by atoms with E-state index in [-0.39, 0.29) is 16.7 Å². The van der Waals surface area contributed by atoms with E-state index in [9.17, 15) is 13.8 Å². The predicted octanol–water partition coefficient (Wildman–Crippen LogP) is 3.46. The minimum Gasteiger partial charge on any atom is -0.414 e. The highest BCUT2D eigenvalue weighted by Crippen LogP contribution is 2.43. The van der Waals surface area contributed by atoms with E-state index >= 15 is 0 Å². The van der Waals surface area contributed by atoms with Crippen LogP contribution in [0.25, 0.3) is 0 Å². The molecule has 1 fully saturated rings. The second-order valence-corrected chi connectivity index (χ2v) is 22.4. The lowest BCUT2D eigenvalue weighted by atomic mass is 10.1. The molecule has 0 aliphatic carbocycles. The van der Waals surface area contributed by atoms with Gasteiger partial charge in [0.2, 0.25) is 0 Å². The van der Waals surface area contributed by atoms with Crippen LogP contribution in [0.4, 0.5) is 0 Å². The van der Waals surface area contributed by atoms with Crippen molar-refractivity contribution in [1.29, 1.82) is 0 Å². The Morgan fingerprint density at radius 2 is 1.60 bits per heavy atom. The average molecular weight is 551 g/mol. The molecule has 0 saturated carbocycles.